The number of Topliss-reactive ketones (excluding diaryl/α,β-unsaturated/α-hetero) is 1. The second-order valence-corrected chi connectivity index (χ2v) is 7.44. The molecule has 2 aromatic carbocycles. The van der Waals surface area contributed by atoms with Crippen LogP contribution < -0.4 is 19.1 Å². The second kappa shape index (κ2) is 8.31. The monoisotopic (exact) mass is 444 g/mol. The van der Waals surface area contributed by atoms with Crippen molar-refractivity contribution in [2.45, 2.75) is 13.0 Å². The van der Waals surface area contributed by atoms with Crippen molar-refractivity contribution in [2.24, 2.45) is 0 Å². The fraction of sp³-hybridized carbons (Fsp3) is 0.160. The summed E-state index contributed by atoms with van der Waals surface area (Å²) in [5, 5.41) is 11.1. The van der Waals surface area contributed by atoms with Gasteiger partial charge in [-0.2, -0.15) is 0 Å². The molecule has 2 aliphatic heterocycles. The summed E-state index contributed by atoms with van der Waals surface area (Å²) in [7, 11) is 0. The number of aliphatic hydroxyl groups is 1. The van der Waals surface area contributed by atoms with Crippen LogP contribution in [-0.2, 0) is 9.59 Å². The Morgan fingerprint density at radius 1 is 1.06 bits per heavy atom. The van der Waals surface area contributed by atoms with Crippen molar-refractivity contribution in [2.75, 3.05) is 18.3 Å². The van der Waals surface area contributed by atoms with Crippen molar-refractivity contribution in [1.82, 2.24) is 4.98 Å². The minimum atomic E-state index is -0.853. The molecule has 33 heavy (non-hydrogen) atoms. The number of pyridine rings is 1. The normalized spacial score (nSPS) is 18.6. The molecule has 3 aromatic rings. The summed E-state index contributed by atoms with van der Waals surface area (Å²) in [6.45, 7) is 2.48. The Kier molecular flexibility index (Phi) is 5.18. The topological polar surface area (TPSA) is 98.2 Å². The Bertz CT molecular complexity index is 1250. The number of benzene rings is 2. The average Bonchev–Trinajstić information content (AvgIpc) is 3.42. The predicted molar refractivity (Wildman–Crippen MR) is 119 cm³/mol. The van der Waals surface area contributed by atoms with E-state index >= 15 is 0 Å². The zero-order valence-corrected chi connectivity index (χ0v) is 17.7. The second-order valence-electron chi connectivity index (χ2n) is 7.44. The summed E-state index contributed by atoms with van der Waals surface area (Å²) in [6.07, 6.45) is 3.02. The zero-order valence-electron chi connectivity index (χ0n) is 17.7. The van der Waals surface area contributed by atoms with Gasteiger partial charge in [0.25, 0.3) is 11.7 Å². The molecule has 1 unspecified atom stereocenters. The Labute approximate surface area is 189 Å². The SMILES string of the molecule is CCOc1ccc(C2/C(=C(\O)c3ccncc3)C(=O)C(=O)N2c2ccc3c(c2)OCO3)cc1. The minimum absolute atomic E-state index is 0.00646. The number of anilines is 1. The summed E-state index contributed by atoms with van der Waals surface area (Å²) in [6, 6.07) is 14.4. The van der Waals surface area contributed by atoms with E-state index in [4.69, 9.17) is 14.2 Å². The molecule has 3 heterocycles. The molecule has 0 bridgehead atoms. The first-order valence-electron chi connectivity index (χ1n) is 10.4. The fourth-order valence-corrected chi connectivity index (χ4v) is 4.03. The number of aliphatic hydroxyl groups excluding tert-OH is 1. The number of hydrogen-bond donors (Lipinski definition) is 1. The lowest BCUT2D eigenvalue weighted by molar-refractivity contribution is -0.132. The van der Waals surface area contributed by atoms with Crippen LogP contribution in [0.5, 0.6) is 17.2 Å². The van der Waals surface area contributed by atoms with Crippen LogP contribution in [0.15, 0.2) is 72.6 Å². The van der Waals surface area contributed by atoms with Crippen LogP contribution in [0.25, 0.3) is 5.76 Å². The molecule has 0 aliphatic carbocycles. The molecule has 1 atom stereocenters. The van der Waals surface area contributed by atoms with Gasteiger partial charge >= 0.3 is 0 Å². The van der Waals surface area contributed by atoms with E-state index in [1.165, 1.54) is 17.3 Å². The summed E-state index contributed by atoms with van der Waals surface area (Å²) in [5.74, 6) is -0.0868. The number of hydrogen-bond acceptors (Lipinski definition) is 7. The van der Waals surface area contributed by atoms with Crippen molar-refractivity contribution < 1.29 is 28.9 Å². The number of ether oxygens (including phenoxy) is 3. The molecule has 8 heteroatoms. The molecular formula is C25H20N2O6. The van der Waals surface area contributed by atoms with Crippen LogP contribution in [0.3, 0.4) is 0 Å². The number of fused-ring (bicyclic) bond motifs is 1. The third-order valence-corrected chi connectivity index (χ3v) is 5.54. The molecule has 1 aromatic heterocycles. The number of carbonyl (C=O) groups excluding carboxylic acids is 2. The minimum Gasteiger partial charge on any atom is -0.507 e. The summed E-state index contributed by atoms with van der Waals surface area (Å²) >= 11 is 0. The highest BCUT2D eigenvalue weighted by atomic mass is 16.7. The van der Waals surface area contributed by atoms with E-state index in [0.717, 1.165) is 0 Å². The standard InChI is InChI=1S/C25H20N2O6/c1-2-31-18-6-3-15(4-7-18)22-21(23(28)16-9-11-26-12-10-16)24(29)25(30)27(22)17-5-8-19-20(13-17)33-14-32-19/h3-13,22,28H,2,14H2,1H3/b23-21+. The van der Waals surface area contributed by atoms with E-state index in [0.29, 0.717) is 40.7 Å². The summed E-state index contributed by atoms with van der Waals surface area (Å²) in [4.78, 5) is 31.7. The van der Waals surface area contributed by atoms with Crippen molar-refractivity contribution in [3.63, 3.8) is 0 Å². The molecular weight excluding hydrogens is 424 g/mol. The summed E-state index contributed by atoms with van der Waals surface area (Å²) in [5.41, 5.74) is 1.48. The van der Waals surface area contributed by atoms with Gasteiger partial charge in [-0.25, -0.2) is 0 Å². The van der Waals surface area contributed by atoms with Crippen LogP contribution >= 0.6 is 0 Å². The van der Waals surface area contributed by atoms with E-state index < -0.39 is 17.7 Å². The molecule has 1 saturated heterocycles. The van der Waals surface area contributed by atoms with Crippen LogP contribution in [-0.4, -0.2) is 35.2 Å². The van der Waals surface area contributed by atoms with Crippen LogP contribution in [0.4, 0.5) is 5.69 Å². The fourth-order valence-electron chi connectivity index (χ4n) is 4.03. The third-order valence-electron chi connectivity index (χ3n) is 5.54. The maximum Gasteiger partial charge on any atom is 0.300 e. The van der Waals surface area contributed by atoms with Gasteiger partial charge in [-0.15, -0.1) is 0 Å². The Hall–Kier alpha value is -4.33. The predicted octanol–water partition coefficient (Wildman–Crippen LogP) is 3.84. The smallest absolute Gasteiger partial charge is 0.300 e. The van der Waals surface area contributed by atoms with Gasteiger partial charge < -0.3 is 19.3 Å². The van der Waals surface area contributed by atoms with Crippen LogP contribution in [0.1, 0.15) is 24.1 Å². The Morgan fingerprint density at radius 2 is 1.79 bits per heavy atom. The number of amides is 1. The number of rotatable bonds is 5. The van der Waals surface area contributed by atoms with Crippen molar-refractivity contribution in [3.8, 4) is 17.2 Å². The molecule has 2 aliphatic rings. The highest BCUT2D eigenvalue weighted by molar-refractivity contribution is 6.51. The van der Waals surface area contributed by atoms with Gasteiger partial charge in [-0.3, -0.25) is 19.5 Å². The van der Waals surface area contributed by atoms with E-state index in [-0.39, 0.29) is 18.1 Å². The molecule has 1 N–H and O–H groups in total. The van der Waals surface area contributed by atoms with E-state index in [9.17, 15) is 14.7 Å². The van der Waals surface area contributed by atoms with Crippen molar-refractivity contribution in [1.29, 1.82) is 0 Å². The van der Waals surface area contributed by atoms with Gasteiger partial charge in [-0.05, 0) is 48.9 Å². The van der Waals surface area contributed by atoms with Crippen LogP contribution in [0.2, 0.25) is 0 Å². The number of carbonyl (C=O) groups is 2. The molecule has 1 fully saturated rings. The quantitative estimate of drug-likeness (QED) is 0.363. The molecule has 1 amide bonds. The van der Waals surface area contributed by atoms with Crippen LogP contribution in [0, 0.1) is 0 Å². The van der Waals surface area contributed by atoms with Gasteiger partial charge in [0.05, 0.1) is 18.2 Å². The third kappa shape index (κ3) is 3.55. The first-order chi connectivity index (χ1) is 16.1. The lowest BCUT2D eigenvalue weighted by atomic mass is 9.95. The molecule has 0 radical (unpaired) electrons. The highest BCUT2D eigenvalue weighted by Crippen LogP contribution is 2.45. The van der Waals surface area contributed by atoms with E-state index in [2.05, 4.69) is 4.98 Å². The first kappa shape index (κ1) is 20.6. The Balaban J connectivity index is 1.67. The van der Waals surface area contributed by atoms with E-state index in [1.807, 2.05) is 6.92 Å². The maximum absolute atomic E-state index is 13.2. The maximum atomic E-state index is 13.2. The largest absolute Gasteiger partial charge is 0.507 e. The highest BCUT2D eigenvalue weighted by Gasteiger charge is 2.47. The lowest BCUT2D eigenvalue weighted by Crippen LogP contribution is -2.29. The van der Waals surface area contributed by atoms with Gasteiger partial charge in [0.2, 0.25) is 6.79 Å². The number of aromatic nitrogens is 1. The molecule has 5 rings (SSSR count). The molecule has 0 saturated carbocycles. The molecule has 0 spiro atoms. The zero-order chi connectivity index (χ0) is 22.9. The number of ketones is 1. The first-order valence-corrected chi connectivity index (χ1v) is 10.4. The molecule has 166 valence electrons. The molecule has 8 nitrogen and oxygen atoms in total. The lowest BCUT2D eigenvalue weighted by Gasteiger charge is -2.25. The summed E-state index contributed by atoms with van der Waals surface area (Å²) < 4.78 is 16.4. The number of nitrogens with zero attached hydrogens (tertiary/aromatic N) is 2. The van der Waals surface area contributed by atoms with Crippen molar-refractivity contribution in [3.05, 3.63) is 83.7 Å². The van der Waals surface area contributed by atoms with Gasteiger partial charge in [0, 0.05) is 29.7 Å². The van der Waals surface area contributed by atoms with E-state index in [1.54, 1.807) is 54.6 Å². The van der Waals surface area contributed by atoms with Gasteiger partial charge in [0.1, 0.15) is 11.5 Å². The van der Waals surface area contributed by atoms with Gasteiger partial charge in [-0.1, -0.05) is 12.1 Å². The van der Waals surface area contributed by atoms with Gasteiger partial charge in [0.15, 0.2) is 11.5 Å². The van der Waals surface area contributed by atoms with Crippen molar-refractivity contribution >= 4 is 23.1 Å². The average molecular weight is 444 g/mol. The Morgan fingerprint density at radius 3 is 2.52 bits per heavy atom.